The minimum atomic E-state index is -0.268. The van der Waals surface area contributed by atoms with Crippen LogP contribution in [0.5, 0.6) is 0 Å². The number of aryl methyl sites for hydroxylation is 1. The van der Waals surface area contributed by atoms with Crippen molar-refractivity contribution in [2.45, 2.75) is 39.9 Å². The molecule has 222 valence electrons. The summed E-state index contributed by atoms with van der Waals surface area (Å²) >= 11 is 0. The molecule has 1 aliphatic rings. The third kappa shape index (κ3) is 9.16. The van der Waals surface area contributed by atoms with Gasteiger partial charge in [-0.1, -0.05) is 56.3 Å². The Kier molecular flexibility index (Phi) is 13.1. The molecule has 0 radical (unpaired) electrons. The first-order valence-electron chi connectivity index (χ1n) is 13.4. The van der Waals surface area contributed by atoms with E-state index in [0.717, 1.165) is 22.4 Å². The van der Waals surface area contributed by atoms with Crippen LogP contribution in [0.25, 0.3) is 11.1 Å². The summed E-state index contributed by atoms with van der Waals surface area (Å²) in [7, 11) is 1.77. The molecule has 0 spiro atoms. The fourth-order valence-electron chi connectivity index (χ4n) is 4.70. The van der Waals surface area contributed by atoms with Gasteiger partial charge in [0.15, 0.2) is 0 Å². The molecule has 3 aromatic rings. The molecular formula is C31H40Cl2FN5O2. The van der Waals surface area contributed by atoms with Crippen molar-refractivity contribution in [2.24, 2.45) is 0 Å². The summed E-state index contributed by atoms with van der Waals surface area (Å²) in [6.45, 7) is 8.54. The van der Waals surface area contributed by atoms with Crippen molar-refractivity contribution >= 4 is 42.3 Å². The van der Waals surface area contributed by atoms with Gasteiger partial charge in [-0.2, -0.15) is 0 Å². The number of likely N-dealkylation sites (N-methyl/N-ethyl adjacent to an activating group) is 1. The SMILES string of the molecule is Cc1cc(-c2ccc(F)cc2)ccc1NCC(=O)N(CCNC(C)C)CC(=O)N(C)N1Cc2ccccc2C1.Cl.Cl. The number of benzene rings is 3. The zero-order chi connectivity index (χ0) is 27.9. The second-order valence-electron chi connectivity index (χ2n) is 10.3. The van der Waals surface area contributed by atoms with Crippen molar-refractivity contribution in [3.63, 3.8) is 0 Å². The maximum Gasteiger partial charge on any atom is 0.256 e. The summed E-state index contributed by atoms with van der Waals surface area (Å²) in [6.07, 6.45) is 0. The highest BCUT2D eigenvalue weighted by atomic mass is 35.5. The normalized spacial score (nSPS) is 12.2. The molecule has 0 saturated carbocycles. The van der Waals surface area contributed by atoms with Gasteiger partial charge in [0.2, 0.25) is 5.91 Å². The summed E-state index contributed by atoms with van der Waals surface area (Å²) in [5, 5.41) is 10.2. The average molecular weight is 605 g/mol. The molecule has 0 unspecified atom stereocenters. The Bertz CT molecular complexity index is 1280. The van der Waals surface area contributed by atoms with Gasteiger partial charge < -0.3 is 15.5 Å². The predicted molar refractivity (Wildman–Crippen MR) is 168 cm³/mol. The Morgan fingerprint density at radius 1 is 0.927 bits per heavy atom. The van der Waals surface area contributed by atoms with Crippen LogP contribution in [0.3, 0.4) is 0 Å². The molecule has 0 aromatic heterocycles. The third-order valence-electron chi connectivity index (χ3n) is 7.06. The van der Waals surface area contributed by atoms with E-state index >= 15 is 0 Å². The maximum atomic E-state index is 13.3. The summed E-state index contributed by atoms with van der Waals surface area (Å²) in [4.78, 5) is 28.2. The van der Waals surface area contributed by atoms with E-state index in [1.807, 2.05) is 42.3 Å². The average Bonchev–Trinajstić information content (AvgIpc) is 3.35. The molecule has 4 rings (SSSR count). The van der Waals surface area contributed by atoms with Crippen LogP contribution in [-0.2, 0) is 22.7 Å². The Morgan fingerprint density at radius 2 is 1.54 bits per heavy atom. The van der Waals surface area contributed by atoms with Gasteiger partial charge in [-0.05, 0) is 59.0 Å². The summed E-state index contributed by atoms with van der Waals surface area (Å²) in [5.41, 5.74) is 6.15. The molecular weight excluding hydrogens is 564 g/mol. The fourth-order valence-corrected chi connectivity index (χ4v) is 4.70. The molecule has 0 aliphatic carbocycles. The number of nitrogens with one attached hydrogen (secondary N) is 2. The first-order valence-corrected chi connectivity index (χ1v) is 13.4. The number of anilines is 1. The Morgan fingerprint density at radius 3 is 2.12 bits per heavy atom. The summed E-state index contributed by atoms with van der Waals surface area (Å²) in [6, 6.07) is 20.7. The van der Waals surface area contributed by atoms with Crippen LogP contribution in [0.15, 0.2) is 66.7 Å². The molecule has 0 fully saturated rings. The van der Waals surface area contributed by atoms with E-state index in [0.29, 0.717) is 26.2 Å². The van der Waals surface area contributed by atoms with Gasteiger partial charge in [0.25, 0.3) is 5.91 Å². The van der Waals surface area contributed by atoms with E-state index in [9.17, 15) is 14.0 Å². The van der Waals surface area contributed by atoms with E-state index in [1.165, 1.54) is 23.3 Å². The fraction of sp³-hybridized carbons (Fsp3) is 0.355. The molecule has 1 heterocycles. The van der Waals surface area contributed by atoms with Gasteiger partial charge >= 0.3 is 0 Å². The third-order valence-corrected chi connectivity index (χ3v) is 7.06. The zero-order valence-electron chi connectivity index (χ0n) is 24.0. The minimum absolute atomic E-state index is 0. The number of hydrogen-bond acceptors (Lipinski definition) is 5. The van der Waals surface area contributed by atoms with Crippen molar-refractivity contribution in [3.05, 3.63) is 89.2 Å². The smallest absolute Gasteiger partial charge is 0.256 e. The Hall–Kier alpha value is -3.17. The molecule has 10 heteroatoms. The summed E-state index contributed by atoms with van der Waals surface area (Å²) in [5.74, 6) is -0.537. The molecule has 2 amide bonds. The van der Waals surface area contributed by atoms with Gasteiger partial charge in [0, 0.05) is 45.0 Å². The first-order chi connectivity index (χ1) is 18.7. The van der Waals surface area contributed by atoms with Gasteiger partial charge in [0.05, 0.1) is 6.54 Å². The molecule has 1 aliphatic heterocycles. The number of amides is 2. The van der Waals surface area contributed by atoms with Gasteiger partial charge in [-0.25, -0.2) is 9.40 Å². The molecule has 3 aromatic carbocycles. The second kappa shape index (κ2) is 15.7. The molecule has 41 heavy (non-hydrogen) atoms. The number of carbonyl (C=O) groups excluding carboxylic acids is 2. The van der Waals surface area contributed by atoms with E-state index in [-0.39, 0.29) is 61.6 Å². The van der Waals surface area contributed by atoms with Crippen molar-refractivity contribution < 1.29 is 14.0 Å². The van der Waals surface area contributed by atoms with Crippen LogP contribution < -0.4 is 10.6 Å². The number of hydrazine groups is 1. The van der Waals surface area contributed by atoms with Crippen molar-refractivity contribution in [2.75, 3.05) is 38.5 Å². The lowest BCUT2D eigenvalue weighted by molar-refractivity contribution is -0.151. The largest absolute Gasteiger partial charge is 0.376 e. The molecule has 0 atom stereocenters. The van der Waals surface area contributed by atoms with Crippen LogP contribution in [0.2, 0.25) is 0 Å². The van der Waals surface area contributed by atoms with E-state index in [4.69, 9.17) is 0 Å². The van der Waals surface area contributed by atoms with E-state index in [2.05, 4.69) is 36.6 Å². The number of hydrogen-bond donors (Lipinski definition) is 2. The lowest BCUT2D eigenvalue weighted by atomic mass is 10.0. The molecule has 7 nitrogen and oxygen atoms in total. The highest BCUT2D eigenvalue weighted by molar-refractivity contribution is 5.87. The lowest BCUT2D eigenvalue weighted by Gasteiger charge is -2.31. The number of halogens is 3. The van der Waals surface area contributed by atoms with Crippen LogP contribution in [0.4, 0.5) is 10.1 Å². The van der Waals surface area contributed by atoms with Crippen molar-refractivity contribution in [3.8, 4) is 11.1 Å². The predicted octanol–water partition coefficient (Wildman–Crippen LogP) is 5.27. The monoisotopic (exact) mass is 603 g/mol. The van der Waals surface area contributed by atoms with Crippen molar-refractivity contribution in [1.29, 1.82) is 0 Å². The molecule has 0 bridgehead atoms. The maximum absolute atomic E-state index is 13.3. The first kappa shape index (κ1) is 34.0. The topological polar surface area (TPSA) is 67.9 Å². The quantitative estimate of drug-likeness (QED) is 0.312. The molecule has 2 N–H and O–H groups in total. The van der Waals surface area contributed by atoms with Gasteiger partial charge in [-0.3, -0.25) is 14.6 Å². The van der Waals surface area contributed by atoms with Crippen LogP contribution >= 0.6 is 24.8 Å². The Balaban J connectivity index is 0.00000294. The number of fused-ring (bicyclic) bond motifs is 1. The van der Waals surface area contributed by atoms with Crippen molar-refractivity contribution in [1.82, 2.24) is 20.2 Å². The minimum Gasteiger partial charge on any atom is -0.376 e. The van der Waals surface area contributed by atoms with Crippen LogP contribution in [0, 0.1) is 12.7 Å². The summed E-state index contributed by atoms with van der Waals surface area (Å²) < 4.78 is 13.3. The zero-order valence-corrected chi connectivity index (χ0v) is 25.7. The second-order valence-corrected chi connectivity index (χ2v) is 10.3. The van der Waals surface area contributed by atoms with Crippen LogP contribution in [0.1, 0.15) is 30.5 Å². The van der Waals surface area contributed by atoms with E-state index in [1.54, 1.807) is 29.1 Å². The highest BCUT2D eigenvalue weighted by Gasteiger charge is 2.27. The van der Waals surface area contributed by atoms with E-state index < -0.39 is 0 Å². The standard InChI is InChI=1S/C31H38FN5O2.2ClH/c1-22(2)33-15-16-36(21-31(39)35(4)37-19-26-7-5-6-8-27(26)20-37)30(38)18-34-29-14-11-25(17-23(29)3)24-9-12-28(32)13-10-24;;/h5-14,17,22,33-34H,15-16,18-21H2,1-4H3;2*1H. The van der Waals surface area contributed by atoms with Crippen LogP contribution in [-0.4, -0.2) is 66.0 Å². The van der Waals surface area contributed by atoms with Gasteiger partial charge in [0.1, 0.15) is 12.4 Å². The lowest BCUT2D eigenvalue weighted by Crippen LogP contribution is -2.49. The number of carbonyl (C=O) groups is 2. The number of rotatable bonds is 11. The molecule has 0 saturated heterocycles. The van der Waals surface area contributed by atoms with Gasteiger partial charge in [-0.15, -0.1) is 24.8 Å². The number of nitrogens with zero attached hydrogens (tertiary/aromatic N) is 3. The Labute approximate surface area is 254 Å². The highest BCUT2D eigenvalue weighted by Crippen LogP contribution is 2.25.